The van der Waals surface area contributed by atoms with Crippen LogP contribution in [0.2, 0.25) is 0 Å². The number of hydrogen-bond donors (Lipinski definition) is 2. The molecular weight excluding hydrogens is 254 g/mol. The van der Waals surface area contributed by atoms with Crippen molar-refractivity contribution in [2.24, 2.45) is 0 Å². The van der Waals surface area contributed by atoms with Gasteiger partial charge in [0.15, 0.2) is 5.76 Å². The lowest BCUT2D eigenvalue weighted by atomic mass is 10.1. The number of carbonyl (C=O) groups is 1. The second-order valence-electron chi connectivity index (χ2n) is 4.91. The van der Waals surface area contributed by atoms with Gasteiger partial charge in [-0.05, 0) is 19.4 Å². The Morgan fingerprint density at radius 2 is 2.25 bits per heavy atom. The molecule has 5 nitrogen and oxygen atoms in total. The van der Waals surface area contributed by atoms with Gasteiger partial charge in [0.25, 0.3) is 0 Å². The summed E-state index contributed by atoms with van der Waals surface area (Å²) in [5, 5.41) is 10.1. The van der Waals surface area contributed by atoms with Gasteiger partial charge in [-0.2, -0.15) is 0 Å². The quantitative estimate of drug-likeness (QED) is 0.888. The molecule has 5 heteroatoms. The van der Waals surface area contributed by atoms with Crippen LogP contribution in [0.5, 0.6) is 0 Å². The fourth-order valence-corrected chi connectivity index (χ4v) is 2.35. The standard InChI is InChI=1S/C15H17N3O2/c19-15(13-7-4-8-16-13)17-10-12-9-14(18-20-12)11-5-2-1-3-6-11/h1-3,5-6,9,13,16H,4,7-8,10H2,(H,17,19). The van der Waals surface area contributed by atoms with Crippen molar-refractivity contribution in [3.05, 3.63) is 42.2 Å². The number of hydrogen-bond acceptors (Lipinski definition) is 4. The van der Waals surface area contributed by atoms with Crippen LogP contribution in [0, 0.1) is 0 Å². The number of nitrogens with zero attached hydrogens (tertiary/aromatic N) is 1. The minimum Gasteiger partial charge on any atom is -0.359 e. The summed E-state index contributed by atoms with van der Waals surface area (Å²) in [7, 11) is 0. The summed E-state index contributed by atoms with van der Waals surface area (Å²) in [6.45, 7) is 1.29. The van der Waals surface area contributed by atoms with Crippen molar-refractivity contribution in [1.82, 2.24) is 15.8 Å². The zero-order chi connectivity index (χ0) is 13.8. The molecule has 2 N–H and O–H groups in total. The number of rotatable bonds is 4. The number of carbonyl (C=O) groups excluding carboxylic acids is 1. The molecule has 104 valence electrons. The van der Waals surface area contributed by atoms with E-state index in [1.807, 2.05) is 36.4 Å². The van der Waals surface area contributed by atoms with Crippen molar-refractivity contribution in [2.75, 3.05) is 6.54 Å². The molecule has 1 aromatic heterocycles. The van der Waals surface area contributed by atoms with E-state index in [0.29, 0.717) is 12.3 Å². The van der Waals surface area contributed by atoms with Gasteiger partial charge in [-0.1, -0.05) is 35.5 Å². The molecule has 0 radical (unpaired) electrons. The molecule has 1 saturated heterocycles. The molecular formula is C15H17N3O2. The van der Waals surface area contributed by atoms with Gasteiger partial charge in [0.1, 0.15) is 5.69 Å². The monoisotopic (exact) mass is 271 g/mol. The Morgan fingerprint density at radius 1 is 1.40 bits per heavy atom. The molecule has 1 aliphatic heterocycles. The largest absolute Gasteiger partial charge is 0.359 e. The van der Waals surface area contributed by atoms with Crippen molar-refractivity contribution in [1.29, 1.82) is 0 Å². The topological polar surface area (TPSA) is 67.2 Å². The third-order valence-electron chi connectivity index (χ3n) is 3.44. The second-order valence-corrected chi connectivity index (χ2v) is 4.91. The molecule has 20 heavy (non-hydrogen) atoms. The van der Waals surface area contributed by atoms with Crippen LogP contribution in [0.25, 0.3) is 11.3 Å². The van der Waals surface area contributed by atoms with Crippen LogP contribution >= 0.6 is 0 Å². The highest BCUT2D eigenvalue weighted by Crippen LogP contribution is 2.18. The Kier molecular flexibility index (Phi) is 3.78. The smallest absolute Gasteiger partial charge is 0.237 e. The number of amides is 1. The number of benzene rings is 1. The molecule has 2 heterocycles. The van der Waals surface area contributed by atoms with E-state index in [1.54, 1.807) is 0 Å². The van der Waals surface area contributed by atoms with E-state index in [-0.39, 0.29) is 11.9 Å². The van der Waals surface area contributed by atoms with Gasteiger partial charge in [-0.25, -0.2) is 0 Å². The number of nitrogens with one attached hydrogen (secondary N) is 2. The van der Waals surface area contributed by atoms with Crippen LogP contribution in [0.1, 0.15) is 18.6 Å². The summed E-state index contributed by atoms with van der Waals surface area (Å²) in [6, 6.07) is 11.6. The molecule has 0 aliphatic carbocycles. The normalized spacial score (nSPS) is 18.1. The SMILES string of the molecule is O=C(NCc1cc(-c2ccccc2)no1)C1CCCN1. The molecule has 0 saturated carbocycles. The van der Waals surface area contributed by atoms with E-state index in [4.69, 9.17) is 4.52 Å². The van der Waals surface area contributed by atoms with Gasteiger partial charge >= 0.3 is 0 Å². The zero-order valence-corrected chi connectivity index (χ0v) is 11.1. The molecule has 1 aromatic carbocycles. The zero-order valence-electron chi connectivity index (χ0n) is 11.1. The van der Waals surface area contributed by atoms with Gasteiger partial charge < -0.3 is 15.2 Å². The first-order valence-corrected chi connectivity index (χ1v) is 6.85. The Balaban J connectivity index is 1.59. The highest BCUT2D eigenvalue weighted by molar-refractivity contribution is 5.81. The highest BCUT2D eigenvalue weighted by atomic mass is 16.5. The summed E-state index contributed by atoms with van der Waals surface area (Å²) < 4.78 is 5.25. The van der Waals surface area contributed by atoms with Crippen molar-refractivity contribution in [3.8, 4) is 11.3 Å². The molecule has 1 amide bonds. The summed E-state index contributed by atoms with van der Waals surface area (Å²) in [4.78, 5) is 11.9. The minimum absolute atomic E-state index is 0.0279. The van der Waals surface area contributed by atoms with Crippen LogP contribution < -0.4 is 10.6 Å². The van der Waals surface area contributed by atoms with Crippen molar-refractivity contribution < 1.29 is 9.32 Å². The van der Waals surface area contributed by atoms with Gasteiger partial charge in [0.05, 0.1) is 12.6 Å². The lowest BCUT2D eigenvalue weighted by Crippen LogP contribution is -2.39. The minimum atomic E-state index is -0.0634. The second kappa shape index (κ2) is 5.88. The van der Waals surface area contributed by atoms with E-state index >= 15 is 0 Å². The summed E-state index contributed by atoms with van der Waals surface area (Å²) in [5.74, 6) is 0.690. The lowest BCUT2D eigenvalue weighted by Gasteiger charge is -2.09. The highest BCUT2D eigenvalue weighted by Gasteiger charge is 2.21. The van der Waals surface area contributed by atoms with E-state index in [9.17, 15) is 4.79 Å². The van der Waals surface area contributed by atoms with Crippen LogP contribution in [-0.4, -0.2) is 23.7 Å². The van der Waals surface area contributed by atoms with Crippen LogP contribution in [-0.2, 0) is 11.3 Å². The summed E-state index contributed by atoms with van der Waals surface area (Å²) >= 11 is 0. The Hall–Kier alpha value is -2.14. The van der Waals surface area contributed by atoms with E-state index in [2.05, 4.69) is 15.8 Å². The van der Waals surface area contributed by atoms with Crippen LogP contribution in [0.4, 0.5) is 0 Å². The fraction of sp³-hybridized carbons (Fsp3) is 0.333. The molecule has 0 bridgehead atoms. The molecule has 2 aromatic rings. The van der Waals surface area contributed by atoms with Crippen LogP contribution in [0.3, 0.4) is 0 Å². The lowest BCUT2D eigenvalue weighted by molar-refractivity contribution is -0.123. The van der Waals surface area contributed by atoms with E-state index in [1.165, 1.54) is 0 Å². The maximum Gasteiger partial charge on any atom is 0.237 e. The average molecular weight is 271 g/mol. The van der Waals surface area contributed by atoms with E-state index < -0.39 is 0 Å². The average Bonchev–Trinajstić information content (AvgIpc) is 3.17. The first kappa shape index (κ1) is 12.9. The maximum absolute atomic E-state index is 11.9. The molecule has 3 rings (SSSR count). The van der Waals surface area contributed by atoms with Gasteiger partial charge in [-0.15, -0.1) is 0 Å². The van der Waals surface area contributed by atoms with Gasteiger partial charge in [0.2, 0.25) is 5.91 Å². The van der Waals surface area contributed by atoms with Crippen molar-refractivity contribution in [3.63, 3.8) is 0 Å². The fourth-order valence-electron chi connectivity index (χ4n) is 2.35. The predicted molar refractivity (Wildman–Crippen MR) is 74.8 cm³/mol. The van der Waals surface area contributed by atoms with E-state index in [0.717, 1.165) is 30.6 Å². The predicted octanol–water partition coefficient (Wildman–Crippen LogP) is 1.71. The first-order chi connectivity index (χ1) is 9.83. The summed E-state index contributed by atoms with van der Waals surface area (Å²) in [5.41, 5.74) is 1.79. The third kappa shape index (κ3) is 2.88. The molecule has 0 spiro atoms. The van der Waals surface area contributed by atoms with Gasteiger partial charge in [0, 0.05) is 11.6 Å². The van der Waals surface area contributed by atoms with Crippen LogP contribution in [0.15, 0.2) is 40.9 Å². The third-order valence-corrected chi connectivity index (χ3v) is 3.44. The molecule has 1 aliphatic rings. The molecule has 1 atom stereocenters. The maximum atomic E-state index is 11.9. The van der Waals surface area contributed by atoms with Crippen molar-refractivity contribution in [2.45, 2.75) is 25.4 Å². The number of aromatic nitrogens is 1. The molecule has 1 unspecified atom stereocenters. The Bertz CT molecular complexity index is 574. The van der Waals surface area contributed by atoms with Crippen molar-refractivity contribution >= 4 is 5.91 Å². The first-order valence-electron chi connectivity index (χ1n) is 6.85. The summed E-state index contributed by atoms with van der Waals surface area (Å²) in [6.07, 6.45) is 1.95. The Labute approximate surface area is 117 Å². The Morgan fingerprint density at radius 3 is 3.00 bits per heavy atom. The molecule has 1 fully saturated rings. The van der Waals surface area contributed by atoms with Gasteiger partial charge in [-0.3, -0.25) is 4.79 Å².